The number of hydrogen-bond acceptors (Lipinski definition) is 8. The summed E-state index contributed by atoms with van der Waals surface area (Å²) in [6.45, 7) is 2.02. The summed E-state index contributed by atoms with van der Waals surface area (Å²) >= 11 is 2.55. The first-order valence-electron chi connectivity index (χ1n) is 12.2. The Morgan fingerprint density at radius 3 is 2.27 bits per heavy atom. The van der Waals surface area contributed by atoms with Gasteiger partial charge in [0.2, 0.25) is 5.91 Å². The third-order valence-corrected chi connectivity index (χ3v) is 7.59. The van der Waals surface area contributed by atoms with Crippen LogP contribution in [0.2, 0.25) is 0 Å². The maximum atomic E-state index is 13.3. The predicted octanol–water partition coefficient (Wildman–Crippen LogP) is 5.67. The molecule has 2 amide bonds. The number of carboxylic acid groups (broad SMARTS) is 1. The van der Waals surface area contributed by atoms with Gasteiger partial charge in [-0.15, -0.1) is 23.1 Å². The molecule has 0 aliphatic rings. The van der Waals surface area contributed by atoms with Gasteiger partial charge < -0.3 is 20.5 Å². The predicted molar refractivity (Wildman–Crippen MR) is 154 cm³/mol. The fourth-order valence-electron chi connectivity index (χ4n) is 3.70. The second-order valence-electron chi connectivity index (χ2n) is 8.35. The normalized spacial score (nSPS) is 11.3. The SMILES string of the molecule is CCOC(=O)Cc1csc(NC(=O)C(Sc2ccc(NC(=O)c3ccccc3C(=O)O)cc2)c2ccccc2)n1. The first-order chi connectivity index (χ1) is 19.3. The van der Waals surface area contributed by atoms with Crippen molar-refractivity contribution in [1.29, 1.82) is 0 Å². The summed E-state index contributed by atoms with van der Waals surface area (Å²) in [5.41, 5.74) is 1.76. The minimum absolute atomic E-state index is 0.0296. The highest BCUT2D eigenvalue weighted by molar-refractivity contribution is 8.00. The number of nitrogens with one attached hydrogen (secondary N) is 2. The van der Waals surface area contributed by atoms with Crippen molar-refractivity contribution in [3.63, 3.8) is 0 Å². The molecule has 0 radical (unpaired) electrons. The Balaban J connectivity index is 1.46. The van der Waals surface area contributed by atoms with Gasteiger partial charge in [0.15, 0.2) is 5.13 Å². The summed E-state index contributed by atoms with van der Waals surface area (Å²) in [5, 5.41) is 16.4. The highest BCUT2D eigenvalue weighted by atomic mass is 32.2. The molecule has 11 heteroatoms. The molecule has 3 N–H and O–H groups in total. The van der Waals surface area contributed by atoms with Crippen LogP contribution < -0.4 is 10.6 Å². The zero-order valence-electron chi connectivity index (χ0n) is 21.3. The smallest absolute Gasteiger partial charge is 0.336 e. The van der Waals surface area contributed by atoms with Crippen LogP contribution in [-0.4, -0.2) is 40.5 Å². The quantitative estimate of drug-likeness (QED) is 0.154. The molecule has 0 saturated heterocycles. The molecule has 4 aromatic rings. The zero-order valence-corrected chi connectivity index (χ0v) is 23.0. The van der Waals surface area contributed by atoms with E-state index in [0.717, 1.165) is 10.5 Å². The molecule has 0 aliphatic carbocycles. The Bertz CT molecular complexity index is 1510. The van der Waals surface area contributed by atoms with Crippen LogP contribution in [0.1, 0.15) is 44.1 Å². The Morgan fingerprint density at radius 1 is 0.925 bits per heavy atom. The third-order valence-electron chi connectivity index (χ3n) is 5.52. The van der Waals surface area contributed by atoms with E-state index in [0.29, 0.717) is 16.5 Å². The number of ether oxygens (including phenoxy) is 1. The van der Waals surface area contributed by atoms with Crippen LogP contribution in [0, 0.1) is 0 Å². The lowest BCUT2D eigenvalue weighted by Gasteiger charge is -2.16. The number of nitrogens with zero attached hydrogens (tertiary/aromatic N) is 1. The molecule has 1 atom stereocenters. The number of aromatic nitrogens is 1. The van der Waals surface area contributed by atoms with Gasteiger partial charge in [-0.3, -0.25) is 14.4 Å². The summed E-state index contributed by atoms with van der Waals surface area (Å²) in [6.07, 6.45) is 0.0296. The van der Waals surface area contributed by atoms with E-state index < -0.39 is 17.1 Å². The summed E-state index contributed by atoms with van der Waals surface area (Å²) in [4.78, 5) is 54.3. The Labute approximate surface area is 238 Å². The number of thioether (sulfide) groups is 1. The molecule has 0 bridgehead atoms. The van der Waals surface area contributed by atoms with Gasteiger partial charge in [-0.05, 0) is 48.9 Å². The van der Waals surface area contributed by atoms with Crippen LogP contribution in [0.15, 0.2) is 89.1 Å². The van der Waals surface area contributed by atoms with Gasteiger partial charge in [-0.2, -0.15) is 0 Å². The van der Waals surface area contributed by atoms with Crippen molar-refractivity contribution in [2.45, 2.75) is 23.5 Å². The maximum absolute atomic E-state index is 13.3. The monoisotopic (exact) mass is 575 g/mol. The third kappa shape index (κ3) is 7.55. The van der Waals surface area contributed by atoms with Crippen molar-refractivity contribution >= 4 is 57.7 Å². The Morgan fingerprint density at radius 2 is 1.60 bits per heavy atom. The number of thiazole rings is 1. The highest BCUT2D eigenvalue weighted by Crippen LogP contribution is 2.37. The number of benzene rings is 3. The first kappa shape index (κ1) is 28.5. The van der Waals surface area contributed by atoms with Gasteiger partial charge >= 0.3 is 11.9 Å². The average molecular weight is 576 g/mol. The lowest BCUT2D eigenvalue weighted by molar-refractivity contribution is -0.142. The molecule has 204 valence electrons. The number of carbonyl (C=O) groups excluding carboxylic acids is 3. The zero-order chi connectivity index (χ0) is 28.5. The van der Waals surface area contributed by atoms with Crippen LogP contribution in [0.5, 0.6) is 0 Å². The van der Waals surface area contributed by atoms with E-state index in [1.807, 2.05) is 30.3 Å². The van der Waals surface area contributed by atoms with E-state index in [1.165, 1.54) is 35.2 Å². The molecule has 0 spiro atoms. The molecular weight excluding hydrogens is 550 g/mol. The summed E-state index contributed by atoms with van der Waals surface area (Å²) in [7, 11) is 0. The van der Waals surface area contributed by atoms with E-state index in [-0.39, 0.29) is 36.0 Å². The number of rotatable bonds is 11. The van der Waals surface area contributed by atoms with Gasteiger partial charge in [-0.25, -0.2) is 9.78 Å². The molecule has 9 nitrogen and oxygen atoms in total. The number of aromatic carboxylic acids is 1. The van der Waals surface area contributed by atoms with Crippen molar-refractivity contribution in [2.24, 2.45) is 0 Å². The van der Waals surface area contributed by atoms with Crippen molar-refractivity contribution < 1.29 is 29.0 Å². The van der Waals surface area contributed by atoms with Crippen molar-refractivity contribution in [3.05, 3.63) is 107 Å². The molecule has 3 aromatic carbocycles. The Kier molecular flexibility index (Phi) is 9.66. The van der Waals surface area contributed by atoms with Gasteiger partial charge in [0.1, 0.15) is 5.25 Å². The van der Waals surface area contributed by atoms with E-state index in [9.17, 15) is 24.3 Å². The number of amides is 2. The van der Waals surface area contributed by atoms with Gasteiger partial charge in [-0.1, -0.05) is 42.5 Å². The molecular formula is C29H25N3O6S2. The van der Waals surface area contributed by atoms with Crippen LogP contribution in [-0.2, 0) is 20.7 Å². The number of hydrogen-bond donors (Lipinski definition) is 3. The molecule has 4 rings (SSSR count). The fraction of sp³-hybridized carbons (Fsp3) is 0.138. The van der Waals surface area contributed by atoms with Crippen molar-refractivity contribution in [3.8, 4) is 0 Å². The molecule has 0 saturated carbocycles. The van der Waals surface area contributed by atoms with Crippen LogP contribution in [0.25, 0.3) is 0 Å². The summed E-state index contributed by atoms with van der Waals surface area (Å²) < 4.78 is 4.95. The Hall–Kier alpha value is -4.48. The number of anilines is 2. The van der Waals surface area contributed by atoms with Crippen molar-refractivity contribution in [2.75, 3.05) is 17.2 Å². The summed E-state index contributed by atoms with van der Waals surface area (Å²) in [6, 6.07) is 22.2. The molecule has 1 heterocycles. The molecule has 0 aliphatic heterocycles. The van der Waals surface area contributed by atoms with E-state index in [2.05, 4.69) is 15.6 Å². The standard InChI is InChI=1S/C29H25N3O6S2/c1-2-38-24(33)16-20-17-39-29(31-20)32-27(35)25(18-8-4-3-5-9-18)40-21-14-12-19(13-15-21)30-26(34)22-10-6-7-11-23(22)28(36)37/h3-15,17,25H,2,16H2,1H3,(H,30,34)(H,36,37)(H,31,32,35). The lowest BCUT2D eigenvalue weighted by Crippen LogP contribution is -2.19. The highest BCUT2D eigenvalue weighted by Gasteiger charge is 2.24. The number of esters is 1. The first-order valence-corrected chi connectivity index (χ1v) is 14.0. The average Bonchev–Trinajstić information content (AvgIpc) is 3.39. The number of carboxylic acids is 1. The van der Waals surface area contributed by atoms with E-state index in [1.54, 1.807) is 48.7 Å². The minimum atomic E-state index is -1.18. The van der Waals surface area contributed by atoms with Crippen LogP contribution in [0.3, 0.4) is 0 Å². The van der Waals surface area contributed by atoms with E-state index in [4.69, 9.17) is 4.74 Å². The number of carbonyl (C=O) groups is 4. The molecule has 0 fully saturated rings. The van der Waals surface area contributed by atoms with Gasteiger partial charge in [0.05, 0.1) is 29.8 Å². The second kappa shape index (κ2) is 13.5. The molecule has 40 heavy (non-hydrogen) atoms. The fourth-order valence-corrected chi connectivity index (χ4v) is 5.43. The van der Waals surface area contributed by atoms with E-state index >= 15 is 0 Å². The molecule has 1 unspecified atom stereocenters. The topological polar surface area (TPSA) is 135 Å². The van der Waals surface area contributed by atoms with Crippen LogP contribution in [0.4, 0.5) is 10.8 Å². The van der Waals surface area contributed by atoms with Crippen LogP contribution >= 0.6 is 23.1 Å². The summed E-state index contributed by atoms with van der Waals surface area (Å²) in [5.74, 6) is -2.38. The van der Waals surface area contributed by atoms with Gasteiger partial charge in [0, 0.05) is 16.0 Å². The molecule has 1 aromatic heterocycles. The largest absolute Gasteiger partial charge is 0.478 e. The second-order valence-corrected chi connectivity index (χ2v) is 10.4. The minimum Gasteiger partial charge on any atom is -0.478 e. The van der Waals surface area contributed by atoms with Gasteiger partial charge in [0.25, 0.3) is 5.91 Å². The maximum Gasteiger partial charge on any atom is 0.336 e. The lowest BCUT2D eigenvalue weighted by atomic mass is 10.1. The van der Waals surface area contributed by atoms with Crippen molar-refractivity contribution in [1.82, 2.24) is 4.98 Å².